The maximum atomic E-state index is 5.42. The van der Waals surface area contributed by atoms with Crippen LogP contribution >= 0.6 is 11.3 Å². The summed E-state index contributed by atoms with van der Waals surface area (Å²) in [5.41, 5.74) is 2.74. The quantitative estimate of drug-likeness (QED) is 0.488. The van der Waals surface area contributed by atoms with Gasteiger partial charge in [0.05, 0.1) is 5.69 Å². The average molecular weight is 352 g/mol. The van der Waals surface area contributed by atoms with E-state index in [4.69, 9.17) is 9.72 Å². The summed E-state index contributed by atoms with van der Waals surface area (Å²) in [7, 11) is 1.91. The van der Waals surface area contributed by atoms with Crippen molar-refractivity contribution in [2.75, 3.05) is 13.2 Å². The number of hydrogen-bond donors (Lipinski definition) is 0. The van der Waals surface area contributed by atoms with Crippen LogP contribution in [0.15, 0.2) is 36.7 Å². The average Bonchev–Trinajstić information content (AvgIpc) is 3.18. The van der Waals surface area contributed by atoms with Crippen molar-refractivity contribution in [1.29, 1.82) is 0 Å². The van der Waals surface area contributed by atoms with Crippen molar-refractivity contribution in [2.24, 2.45) is 7.05 Å². The van der Waals surface area contributed by atoms with Crippen LogP contribution in [0.25, 0.3) is 32.5 Å². The van der Waals surface area contributed by atoms with E-state index >= 15 is 0 Å². The van der Waals surface area contributed by atoms with Crippen molar-refractivity contribution in [2.45, 2.75) is 19.8 Å². The fraction of sp³-hybridized carbons (Fsp3) is 0.316. The fourth-order valence-electron chi connectivity index (χ4n) is 2.92. The van der Waals surface area contributed by atoms with Gasteiger partial charge in [0, 0.05) is 53.9 Å². The second-order valence-corrected chi connectivity index (χ2v) is 7.16. The van der Waals surface area contributed by atoms with Crippen LogP contribution in [0.3, 0.4) is 0 Å². The highest BCUT2D eigenvalue weighted by molar-refractivity contribution is 7.18. The molecule has 0 radical (unpaired) electrons. The molecule has 0 aliphatic carbocycles. The molecular weight excluding hydrogens is 332 g/mol. The molecule has 0 N–H and O–H groups in total. The van der Waals surface area contributed by atoms with Crippen molar-refractivity contribution in [3.8, 4) is 11.3 Å². The van der Waals surface area contributed by atoms with E-state index in [1.165, 1.54) is 10.3 Å². The van der Waals surface area contributed by atoms with Gasteiger partial charge in [0.15, 0.2) is 5.65 Å². The minimum absolute atomic E-state index is 0.764. The molecule has 0 amide bonds. The van der Waals surface area contributed by atoms with Gasteiger partial charge in [-0.2, -0.15) is 5.10 Å². The van der Waals surface area contributed by atoms with Gasteiger partial charge in [0.1, 0.15) is 4.83 Å². The summed E-state index contributed by atoms with van der Waals surface area (Å²) in [6.45, 7) is 3.63. The summed E-state index contributed by atoms with van der Waals surface area (Å²) < 4.78 is 7.20. The highest BCUT2D eigenvalue weighted by atomic mass is 32.1. The number of rotatable bonds is 6. The number of nitrogens with zero attached hydrogens (tertiary/aromatic N) is 4. The first-order chi connectivity index (χ1) is 12.2. The molecule has 0 fully saturated rings. The standard InChI is InChI=1S/C19H20N4OS/c1-3-24-8-4-5-16-10-13-6-7-17(21-19(13)25-16)14-9-15-12-23(2)22-18(15)20-11-14/h6-7,9-12H,3-5,8H2,1-2H3. The molecule has 0 aromatic carbocycles. The number of ether oxygens (including phenoxy) is 1. The molecule has 6 heteroatoms. The fourth-order valence-corrected chi connectivity index (χ4v) is 3.99. The Morgan fingerprint density at radius 2 is 2.12 bits per heavy atom. The Kier molecular flexibility index (Phi) is 4.46. The summed E-state index contributed by atoms with van der Waals surface area (Å²) >= 11 is 1.77. The lowest BCUT2D eigenvalue weighted by molar-refractivity contribution is 0.145. The third-order valence-corrected chi connectivity index (χ3v) is 5.22. The Morgan fingerprint density at radius 3 is 3.00 bits per heavy atom. The van der Waals surface area contributed by atoms with Crippen LogP contribution in [0.4, 0.5) is 0 Å². The van der Waals surface area contributed by atoms with Gasteiger partial charge in [-0.05, 0) is 44.0 Å². The molecule has 0 spiro atoms. The van der Waals surface area contributed by atoms with Crippen LogP contribution < -0.4 is 0 Å². The Hall–Kier alpha value is -2.31. The zero-order chi connectivity index (χ0) is 17.2. The minimum atomic E-state index is 0.764. The smallest absolute Gasteiger partial charge is 0.181 e. The molecule has 4 aromatic rings. The molecule has 0 bridgehead atoms. The van der Waals surface area contributed by atoms with E-state index in [2.05, 4.69) is 34.3 Å². The van der Waals surface area contributed by atoms with Crippen LogP contribution in [0.1, 0.15) is 18.2 Å². The van der Waals surface area contributed by atoms with Crippen molar-refractivity contribution >= 4 is 32.6 Å². The zero-order valence-corrected chi connectivity index (χ0v) is 15.2. The molecule has 0 saturated carbocycles. The predicted octanol–water partition coefficient (Wildman–Crippen LogP) is 4.21. The van der Waals surface area contributed by atoms with Crippen molar-refractivity contribution in [3.05, 3.63) is 41.5 Å². The second kappa shape index (κ2) is 6.90. The van der Waals surface area contributed by atoms with Crippen LogP contribution in [0, 0.1) is 0 Å². The minimum Gasteiger partial charge on any atom is -0.382 e. The lowest BCUT2D eigenvalue weighted by Gasteiger charge is -2.00. The molecule has 4 rings (SSSR count). The summed E-state index contributed by atoms with van der Waals surface area (Å²) in [6.07, 6.45) is 5.92. The van der Waals surface area contributed by atoms with Crippen molar-refractivity contribution < 1.29 is 4.74 Å². The third kappa shape index (κ3) is 3.41. The molecule has 0 saturated heterocycles. The molecule has 0 aliphatic heterocycles. The van der Waals surface area contributed by atoms with Gasteiger partial charge in [0.25, 0.3) is 0 Å². The maximum absolute atomic E-state index is 5.42. The number of hydrogen-bond acceptors (Lipinski definition) is 5. The highest BCUT2D eigenvalue weighted by Crippen LogP contribution is 2.28. The Balaban J connectivity index is 1.60. The first kappa shape index (κ1) is 16.2. The molecule has 4 heterocycles. The van der Waals surface area contributed by atoms with Gasteiger partial charge in [-0.1, -0.05) is 0 Å². The van der Waals surface area contributed by atoms with E-state index in [-0.39, 0.29) is 0 Å². The number of fused-ring (bicyclic) bond motifs is 2. The van der Waals surface area contributed by atoms with Crippen LogP contribution in [-0.4, -0.2) is 33.0 Å². The topological polar surface area (TPSA) is 52.8 Å². The van der Waals surface area contributed by atoms with Crippen LogP contribution in [-0.2, 0) is 18.2 Å². The van der Waals surface area contributed by atoms with E-state index in [0.717, 1.165) is 53.2 Å². The highest BCUT2D eigenvalue weighted by Gasteiger charge is 2.08. The summed E-state index contributed by atoms with van der Waals surface area (Å²) in [5, 5.41) is 6.56. The lowest BCUT2D eigenvalue weighted by atomic mass is 10.1. The molecule has 0 unspecified atom stereocenters. The monoisotopic (exact) mass is 352 g/mol. The third-order valence-electron chi connectivity index (χ3n) is 4.12. The van der Waals surface area contributed by atoms with E-state index in [0.29, 0.717) is 0 Å². The summed E-state index contributed by atoms with van der Waals surface area (Å²) in [6, 6.07) is 8.55. The lowest BCUT2D eigenvalue weighted by Crippen LogP contribution is -1.94. The zero-order valence-electron chi connectivity index (χ0n) is 14.4. The molecule has 128 valence electrons. The van der Waals surface area contributed by atoms with Gasteiger partial charge in [-0.3, -0.25) is 4.68 Å². The molecule has 5 nitrogen and oxygen atoms in total. The summed E-state index contributed by atoms with van der Waals surface area (Å²) in [5.74, 6) is 0. The molecular formula is C19H20N4OS. The largest absolute Gasteiger partial charge is 0.382 e. The molecule has 0 atom stereocenters. The van der Waals surface area contributed by atoms with Gasteiger partial charge >= 0.3 is 0 Å². The Bertz CT molecular complexity index is 1020. The molecule has 4 aromatic heterocycles. The van der Waals surface area contributed by atoms with Gasteiger partial charge < -0.3 is 4.74 Å². The second-order valence-electron chi connectivity index (χ2n) is 6.04. The number of aromatic nitrogens is 4. The Labute approximate surface area is 150 Å². The number of pyridine rings is 2. The van der Waals surface area contributed by atoms with E-state index in [9.17, 15) is 0 Å². The van der Waals surface area contributed by atoms with E-state index in [1.807, 2.05) is 26.4 Å². The number of thiophene rings is 1. The summed E-state index contributed by atoms with van der Waals surface area (Å²) in [4.78, 5) is 11.7. The Morgan fingerprint density at radius 1 is 1.20 bits per heavy atom. The van der Waals surface area contributed by atoms with Crippen molar-refractivity contribution in [3.63, 3.8) is 0 Å². The van der Waals surface area contributed by atoms with Crippen LogP contribution in [0.2, 0.25) is 0 Å². The first-order valence-corrected chi connectivity index (χ1v) is 9.31. The predicted molar refractivity (Wildman–Crippen MR) is 102 cm³/mol. The van der Waals surface area contributed by atoms with E-state index in [1.54, 1.807) is 16.0 Å². The van der Waals surface area contributed by atoms with Gasteiger partial charge in [0.2, 0.25) is 0 Å². The van der Waals surface area contributed by atoms with Gasteiger partial charge in [-0.25, -0.2) is 9.97 Å². The van der Waals surface area contributed by atoms with E-state index < -0.39 is 0 Å². The number of aryl methyl sites for hydroxylation is 2. The maximum Gasteiger partial charge on any atom is 0.181 e. The molecule has 25 heavy (non-hydrogen) atoms. The SMILES string of the molecule is CCOCCCc1cc2ccc(-c3cnc4nn(C)cc4c3)nc2s1. The van der Waals surface area contributed by atoms with Gasteiger partial charge in [-0.15, -0.1) is 11.3 Å². The van der Waals surface area contributed by atoms with Crippen molar-refractivity contribution in [1.82, 2.24) is 19.7 Å². The normalized spacial score (nSPS) is 11.6. The molecule has 0 aliphatic rings. The van der Waals surface area contributed by atoms with Crippen LogP contribution in [0.5, 0.6) is 0 Å². The first-order valence-electron chi connectivity index (χ1n) is 8.50.